The molecule has 1 fully saturated rings. The number of halogens is 2. The minimum atomic E-state index is -0.688. The molecule has 0 bridgehead atoms. The SMILES string of the molecule is O=C(CCC1CCCO1)C(Cl)c1ccc(F)cc1. The third-order valence-electron chi connectivity index (χ3n) is 3.18. The van der Waals surface area contributed by atoms with Crippen LogP contribution >= 0.6 is 11.6 Å². The van der Waals surface area contributed by atoms with Gasteiger partial charge >= 0.3 is 0 Å². The van der Waals surface area contributed by atoms with Gasteiger partial charge in [0.15, 0.2) is 5.78 Å². The van der Waals surface area contributed by atoms with Crippen molar-refractivity contribution in [2.75, 3.05) is 6.61 Å². The highest BCUT2D eigenvalue weighted by Gasteiger charge is 2.21. The maximum absolute atomic E-state index is 12.8. The maximum atomic E-state index is 12.8. The van der Waals surface area contributed by atoms with Crippen molar-refractivity contribution < 1.29 is 13.9 Å². The Hall–Kier alpha value is -0.930. The second kappa shape index (κ2) is 6.30. The molecular formula is C14H16ClFO2. The number of Topliss-reactive ketones (excluding diaryl/α,β-unsaturated/α-hetero) is 1. The number of benzene rings is 1. The minimum absolute atomic E-state index is 0.0289. The van der Waals surface area contributed by atoms with E-state index < -0.39 is 5.38 Å². The van der Waals surface area contributed by atoms with E-state index in [1.165, 1.54) is 12.1 Å². The average Bonchev–Trinajstić information content (AvgIpc) is 2.89. The summed E-state index contributed by atoms with van der Waals surface area (Å²) in [5, 5.41) is -0.688. The highest BCUT2D eigenvalue weighted by molar-refractivity contribution is 6.31. The highest BCUT2D eigenvalue weighted by Crippen LogP contribution is 2.25. The molecule has 0 radical (unpaired) electrons. The Balaban J connectivity index is 1.85. The van der Waals surface area contributed by atoms with E-state index in [9.17, 15) is 9.18 Å². The molecule has 98 valence electrons. The van der Waals surface area contributed by atoms with Crippen LogP contribution in [0.1, 0.15) is 36.6 Å². The molecule has 1 aromatic carbocycles. The van der Waals surface area contributed by atoms with Crippen molar-refractivity contribution in [2.45, 2.75) is 37.2 Å². The van der Waals surface area contributed by atoms with Gasteiger partial charge in [-0.3, -0.25) is 4.79 Å². The number of hydrogen-bond donors (Lipinski definition) is 0. The molecule has 0 saturated carbocycles. The first-order chi connectivity index (χ1) is 8.66. The van der Waals surface area contributed by atoms with E-state index in [-0.39, 0.29) is 17.7 Å². The number of ether oxygens (including phenoxy) is 1. The Morgan fingerprint density at radius 2 is 2.17 bits per heavy atom. The Bertz CT molecular complexity index is 399. The smallest absolute Gasteiger partial charge is 0.155 e. The first-order valence-corrected chi connectivity index (χ1v) is 6.64. The second-order valence-corrected chi connectivity index (χ2v) is 4.99. The molecule has 0 amide bonds. The van der Waals surface area contributed by atoms with Crippen LogP contribution in [0.15, 0.2) is 24.3 Å². The quantitative estimate of drug-likeness (QED) is 0.764. The monoisotopic (exact) mass is 270 g/mol. The Labute approximate surface area is 111 Å². The molecule has 2 rings (SSSR count). The largest absolute Gasteiger partial charge is 0.378 e. The average molecular weight is 271 g/mol. The predicted molar refractivity (Wildman–Crippen MR) is 68.2 cm³/mol. The van der Waals surface area contributed by atoms with Crippen LogP contribution in [0.3, 0.4) is 0 Å². The summed E-state index contributed by atoms with van der Waals surface area (Å²) < 4.78 is 18.2. The van der Waals surface area contributed by atoms with Gasteiger partial charge in [0.05, 0.1) is 6.10 Å². The number of carbonyl (C=O) groups is 1. The lowest BCUT2D eigenvalue weighted by Crippen LogP contribution is -2.12. The molecule has 0 aliphatic carbocycles. The number of hydrogen-bond acceptors (Lipinski definition) is 2. The zero-order valence-electron chi connectivity index (χ0n) is 10.1. The summed E-state index contributed by atoms with van der Waals surface area (Å²) in [5.41, 5.74) is 0.649. The number of rotatable bonds is 5. The third kappa shape index (κ3) is 3.53. The van der Waals surface area contributed by atoms with Crippen LogP contribution in [0, 0.1) is 5.82 Å². The lowest BCUT2D eigenvalue weighted by atomic mass is 10.0. The molecule has 4 heteroatoms. The summed E-state index contributed by atoms with van der Waals surface area (Å²) in [5.74, 6) is -0.354. The summed E-state index contributed by atoms with van der Waals surface area (Å²) in [6, 6.07) is 5.74. The van der Waals surface area contributed by atoms with Crippen molar-refractivity contribution >= 4 is 17.4 Å². The van der Waals surface area contributed by atoms with Crippen LogP contribution in [0.2, 0.25) is 0 Å². The van der Waals surface area contributed by atoms with E-state index >= 15 is 0 Å². The molecule has 2 atom stereocenters. The standard InChI is InChI=1S/C14H16ClFO2/c15-14(10-3-5-11(16)6-4-10)13(17)8-7-12-2-1-9-18-12/h3-6,12,14H,1-2,7-9H2. The molecule has 1 aliphatic rings. The topological polar surface area (TPSA) is 26.3 Å². The molecule has 2 unspecified atom stereocenters. The van der Waals surface area contributed by atoms with E-state index in [0.717, 1.165) is 25.9 Å². The van der Waals surface area contributed by atoms with E-state index in [1.54, 1.807) is 12.1 Å². The Kier molecular flexibility index (Phi) is 4.72. The maximum Gasteiger partial charge on any atom is 0.155 e. The zero-order chi connectivity index (χ0) is 13.0. The van der Waals surface area contributed by atoms with Crippen LogP contribution in [-0.4, -0.2) is 18.5 Å². The number of alkyl halides is 1. The van der Waals surface area contributed by atoms with Gasteiger partial charge in [0, 0.05) is 13.0 Å². The molecule has 1 aromatic rings. The molecule has 1 saturated heterocycles. The Morgan fingerprint density at radius 3 is 2.78 bits per heavy atom. The van der Waals surface area contributed by atoms with Gasteiger partial charge in [0.1, 0.15) is 11.2 Å². The summed E-state index contributed by atoms with van der Waals surface area (Å²) >= 11 is 6.08. The van der Waals surface area contributed by atoms with Gasteiger partial charge in [0.2, 0.25) is 0 Å². The molecule has 1 aliphatic heterocycles. The van der Waals surface area contributed by atoms with Crippen molar-refractivity contribution in [3.63, 3.8) is 0 Å². The van der Waals surface area contributed by atoms with Crippen LogP contribution in [0.4, 0.5) is 4.39 Å². The molecule has 0 aromatic heterocycles. The fourth-order valence-corrected chi connectivity index (χ4v) is 2.37. The van der Waals surface area contributed by atoms with Crippen molar-refractivity contribution in [3.05, 3.63) is 35.6 Å². The predicted octanol–water partition coefficient (Wildman–Crippen LogP) is 3.63. The van der Waals surface area contributed by atoms with Gasteiger partial charge in [-0.2, -0.15) is 0 Å². The van der Waals surface area contributed by atoms with Gasteiger partial charge in [-0.25, -0.2) is 4.39 Å². The molecule has 2 nitrogen and oxygen atoms in total. The highest BCUT2D eigenvalue weighted by atomic mass is 35.5. The normalized spacial score (nSPS) is 20.9. The van der Waals surface area contributed by atoms with Crippen molar-refractivity contribution in [1.82, 2.24) is 0 Å². The lowest BCUT2D eigenvalue weighted by Gasteiger charge is -2.11. The fourth-order valence-electron chi connectivity index (χ4n) is 2.12. The minimum Gasteiger partial charge on any atom is -0.378 e. The summed E-state index contributed by atoms with van der Waals surface area (Å²) in [6.45, 7) is 0.793. The van der Waals surface area contributed by atoms with Crippen LogP contribution in [-0.2, 0) is 9.53 Å². The molecule has 1 heterocycles. The first-order valence-electron chi connectivity index (χ1n) is 6.20. The van der Waals surface area contributed by atoms with Crippen molar-refractivity contribution in [2.24, 2.45) is 0 Å². The van der Waals surface area contributed by atoms with Crippen molar-refractivity contribution in [3.8, 4) is 0 Å². The van der Waals surface area contributed by atoms with Crippen molar-refractivity contribution in [1.29, 1.82) is 0 Å². The first kappa shape index (κ1) is 13.5. The lowest BCUT2D eigenvalue weighted by molar-refractivity contribution is -0.119. The van der Waals surface area contributed by atoms with E-state index in [2.05, 4.69) is 0 Å². The van der Waals surface area contributed by atoms with E-state index in [0.29, 0.717) is 12.0 Å². The summed E-state index contributed by atoms with van der Waals surface area (Å²) in [4.78, 5) is 11.9. The van der Waals surface area contributed by atoms with Gasteiger partial charge in [0.25, 0.3) is 0 Å². The van der Waals surface area contributed by atoms with E-state index in [1.807, 2.05) is 0 Å². The molecule has 0 N–H and O–H groups in total. The summed E-state index contributed by atoms with van der Waals surface area (Å²) in [7, 11) is 0. The third-order valence-corrected chi connectivity index (χ3v) is 3.68. The van der Waals surface area contributed by atoms with Crippen LogP contribution < -0.4 is 0 Å². The number of carbonyl (C=O) groups excluding carboxylic acids is 1. The fraction of sp³-hybridized carbons (Fsp3) is 0.500. The zero-order valence-corrected chi connectivity index (χ0v) is 10.8. The number of ketones is 1. The van der Waals surface area contributed by atoms with Gasteiger partial charge in [-0.15, -0.1) is 11.6 Å². The van der Waals surface area contributed by atoms with Crippen LogP contribution in [0.25, 0.3) is 0 Å². The van der Waals surface area contributed by atoms with Gasteiger partial charge in [-0.05, 0) is 37.0 Å². The van der Waals surface area contributed by atoms with Crippen LogP contribution in [0.5, 0.6) is 0 Å². The molecule has 18 heavy (non-hydrogen) atoms. The Morgan fingerprint density at radius 1 is 1.44 bits per heavy atom. The van der Waals surface area contributed by atoms with Gasteiger partial charge in [-0.1, -0.05) is 12.1 Å². The second-order valence-electron chi connectivity index (χ2n) is 4.55. The van der Waals surface area contributed by atoms with Gasteiger partial charge < -0.3 is 4.74 Å². The summed E-state index contributed by atoms with van der Waals surface area (Å²) in [6.07, 6.45) is 3.43. The molecular weight excluding hydrogens is 255 g/mol. The molecule has 0 spiro atoms. The van der Waals surface area contributed by atoms with E-state index in [4.69, 9.17) is 16.3 Å².